The molecular weight excluding hydrogens is 200 g/mol. The predicted molar refractivity (Wildman–Crippen MR) is 64.4 cm³/mol. The molecule has 92 valence electrons. The summed E-state index contributed by atoms with van der Waals surface area (Å²) in [5.74, 6) is 0. The number of likely N-dealkylation sites (tertiary alicyclic amines) is 1. The minimum absolute atomic E-state index is 0.0538. The fourth-order valence-corrected chi connectivity index (χ4v) is 3.98. The van der Waals surface area contributed by atoms with Crippen LogP contribution in [0.25, 0.3) is 0 Å². The zero-order valence-corrected chi connectivity index (χ0v) is 10.3. The van der Waals surface area contributed by atoms with Crippen LogP contribution >= 0.6 is 0 Å². The fraction of sp³-hybridized carbons (Fsp3) is 1.00. The molecule has 0 aromatic carbocycles. The van der Waals surface area contributed by atoms with Gasteiger partial charge in [0, 0.05) is 31.2 Å². The first-order chi connectivity index (χ1) is 7.75. The van der Waals surface area contributed by atoms with Crippen LogP contribution in [-0.2, 0) is 0 Å². The highest BCUT2D eigenvalue weighted by atomic mass is 16.3. The molecule has 1 saturated carbocycles. The summed E-state index contributed by atoms with van der Waals surface area (Å²) in [6.45, 7) is 2.39. The van der Waals surface area contributed by atoms with Crippen LogP contribution in [0.1, 0.15) is 38.5 Å². The molecule has 3 heteroatoms. The molecule has 2 heterocycles. The van der Waals surface area contributed by atoms with Crippen LogP contribution in [-0.4, -0.2) is 59.3 Å². The van der Waals surface area contributed by atoms with Crippen LogP contribution < -0.4 is 0 Å². The summed E-state index contributed by atoms with van der Waals surface area (Å²) >= 11 is 0. The Balaban J connectivity index is 1.69. The van der Waals surface area contributed by atoms with Crippen molar-refractivity contribution >= 4 is 0 Å². The van der Waals surface area contributed by atoms with Gasteiger partial charge in [-0.1, -0.05) is 0 Å². The van der Waals surface area contributed by atoms with Gasteiger partial charge < -0.3 is 5.11 Å². The second kappa shape index (κ2) is 4.28. The van der Waals surface area contributed by atoms with Crippen molar-refractivity contribution in [3.63, 3.8) is 0 Å². The lowest BCUT2D eigenvalue weighted by Gasteiger charge is -2.32. The maximum Gasteiger partial charge on any atom is 0.0695 e. The molecule has 0 radical (unpaired) electrons. The Kier molecular flexibility index (Phi) is 2.94. The lowest BCUT2D eigenvalue weighted by Crippen LogP contribution is -2.45. The third kappa shape index (κ3) is 1.79. The molecule has 1 aliphatic carbocycles. The average Bonchev–Trinajstić information content (AvgIpc) is 2.74. The highest BCUT2D eigenvalue weighted by Gasteiger charge is 2.39. The van der Waals surface area contributed by atoms with E-state index in [1.54, 1.807) is 0 Å². The SMILES string of the molecule is CN1C2CCC1CN(C1CCCC1O)CC2. The fourth-order valence-electron chi connectivity index (χ4n) is 3.98. The lowest BCUT2D eigenvalue weighted by molar-refractivity contribution is 0.0650. The molecule has 4 atom stereocenters. The lowest BCUT2D eigenvalue weighted by atomic mass is 10.1. The van der Waals surface area contributed by atoms with E-state index >= 15 is 0 Å². The van der Waals surface area contributed by atoms with Crippen LogP contribution in [0.3, 0.4) is 0 Å². The molecule has 0 spiro atoms. The van der Waals surface area contributed by atoms with Crippen molar-refractivity contribution in [2.24, 2.45) is 0 Å². The Bertz CT molecular complexity index is 258. The van der Waals surface area contributed by atoms with Crippen molar-refractivity contribution in [3.8, 4) is 0 Å². The van der Waals surface area contributed by atoms with Gasteiger partial charge >= 0.3 is 0 Å². The average molecular weight is 224 g/mol. The number of aliphatic hydroxyl groups is 1. The molecule has 3 aliphatic rings. The van der Waals surface area contributed by atoms with Gasteiger partial charge in [0.05, 0.1) is 6.10 Å². The van der Waals surface area contributed by atoms with E-state index in [9.17, 15) is 5.11 Å². The van der Waals surface area contributed by atoms with Crippen molar-refractivity contribution < 1.29 is 5.11 Å². The van der Waals surface area contributed by atoms with Crippen molar-refractivity contribution in [2.75, 3.05) is 20.1 Å². The van der Waals surface area contributed by atoms with Gasteiger partial charge in [-0.05, 0) is 45.6 Å². The zero-order valence-electron chi connectivity index (χ0n) is 10.3. The second-order valence-electron chi connectivity index (χ2n) is 5.90. The van der Waals surface area contributed by atoms with E-state index in [0.717, 1.165) is 18.5 Å². The normalized spacial score (nSPS) is 46.1. The van der Waals surface area contributed by atoms with E-state index in [1.165, 1.54) is 45.2 Å². The van der Waals surface area contributed by atoms with E-state index in [4.69, 9.17) is 0 Å². The molecule has 3 fully saturated rings. The van der Waals surface area contributed by atoms with Gasteiger partial charge in [-0.15, -0.1) is 0 Å². The molecule has 3 nitrogen and oxygen atoms in total. The molecule has 2 bridgehead atoms. The van der Waals surface area contributed by atoms with Gasteiger partial charge in [0.2, 0.25) is 0 Å². The summed E-state index contributed by atoms with van der Waals surface area (Å²) in [5, 5.41) is 10.0. The Morgan fingerprint density at radius 3 is 2.56 bits per heavy atom. The van der Waals surface area contributed by atoms with Crippen LogP contribution in [0.15, 0.2) is 0 Å². The predicted octanol–water partition coefficient (Wildman–Crippen LogP) is 1.07. The third-order valence-electron chi connectivity index (χ3n) is 5.09. The van der Waals surface area contributed by atoms with Crippen LogP contribution in [0.5, 0.6) is 0 Å². The van der Waals surface area contributed by atoms with Gasteiger partial charge in [0.15, 0.2) is 0 Å². The Hall–Kier alpha value is -0.120. The number of hydrogen-bond acceptors (Lipinski definition) is 3. The number of likely N-dealkylation sites (N-methyl/N-ethyl adjacent to an activating group) is 1. The van der Waals surface area contributed by atoms with Crippen LogP contribution in [0.2, 0.25) is 0 Å². The second-order valence-corrected chi connectivity index (χ2v) is 5.90. The van der Waals surface area contributed by atoms with Crippen LogP contribution in [0.4, 0.5) is 0 Å². The molecule has 0 amide bonds. The van der Waals surface area contributed by atoms with Gasteiger partial charge in [-0.3, -0.25) is 9.80 Å². The molecule has 0 aromatic rings. The number of fused-ring (bicyclic) bond motifs is 2. The van der Waals surface area contributed by atoms with E-state index < -0.39 is 0 Å². The number of aliphatic hydroxyl groups excluding tert-OH is 1. The van der Waals surface area contributed by atoms with Crippen molar-refractivity contribution in [2.45, 2.75) is 62.8 Å². The number of hydrogen-bond donors (Lipinski definition) is 1. The Morgan fingerprint density at radius 1 is 1.00 bits per heavy atom. The molecule has 4 unspecified atom stereocenters. The topological polar surface area (TPSA) is 26.7 Å². The number of nitrogens with zero attached hydrogens (tertiary/aromatic N) is 2. The Morgan fingerprint density at radius 2 is 1.81 bits per heavy atom. The highest BCUT2D eigenvalue weighted by molar-refractivity contribution is 4.95. The van der Waals surface area contributed by atoms with Crippen molar-refractivity contribution in [1.82, 2.24) is 9.80 Å². The summed E-state index contributed by atoms with van der Waals surface area (Å²) in [6.07, 6.45) is 7.44. The monoisotopic (exact) mass is 224 g/mol. The highest BCUT2D eigenvalue weighted by Crippen LogP contribution is 2.32. The first-order valence-corrected chi connectivity index (χ1v) is 6.90. The van der Waals surface area contributed by atoms with Gasteiger partial charge in [-0.2, -0.15) is 0 Å². The first kappa shape index (κ1) is 11.0. The van der Waals surface area contributed by atoms with E-state index in [0.29, 0.717) is 6.04 Å². The van der Waals surface area contributed by atoms with Crippen molar-refractivity contribution in [3.05, 3.63) is 0 Å². The minimum atomic E-state index is -0.0538. The van der Waals surface area contributed by atoms with Gasteiger partial charge in [0.1, 0.15) is 0 Å². The maximum atomic E-state index is 10.0. The zero-order chi connectivity index (χ0) is 11.1. The molecule has 2 aliphatic heterocycles. The third-order valence-corrected chi connectivity index (χ3v) is 5.09. The van der Waals surface area contributed by atoms with Crippen LogP contribution in [0, 0.1) is 0 Å². The number of rotatable bonds is 1. The van der Waals surface area contributed by atoms with E-state index in [2.05, 4.69) is 16.8 Å². The molecule has 1 N–H and O–H groups in total. The Labute approximate surface area is 98.4 Å². The molecule has 16 heavy (non-hydrogen) atoms. The van der Waals surface area contributed by atoms with E-state index in [1.807, 2.05) is 0 Å². The molecule has 2 saturated heterocycles. The molecular formula is C13H24N2O. The molecule has 0 aromatic heterocycles. The minimum Gasteiger partial charge on any atom is -0.391 e. The summed E-state index contributed by atoms with van der Waals surface area (Å²) in [5.41, 5.74) is 0. The first-order valence-electron chi connectivity index (χ1n) is 6.90. The van der Waals surface area contributed by atoms with Gasteiger partial charge in [-0.25, -0.2) is 0 Å². The summed E-state index contributed by atoms with van der Waals surface area (Å²) in [4.78, 5) is 5.17. The standard InChI is InChI=1S/C13H24N2O/c1-14-10-5-6-11(14)9-15(8-7-10)12-3-2-4-13(12)16/h10-13,16H,2-9H2,1H3. The largest absolute Gasteiger partial charge is 0.391 e. The maximum absolute atomic E-state index is 10.0. The summed E-state index contributed by atoms with van der Waals surface area (Å²) in [6, 6.07) is 2.03. The molecule has 3 rings (SSSR count). The smallest absolute Gasteiger partial charge is 0.0695 e. The van der Waals surface area contributed by atoms with E-state index in [-0.39, 0.29) is 6.10 Å². The van der Waals surface area contributed by atoms with Gasteiger partial charge in [0.25, 0.3) is 0 Å². The quantitative estimate of drug-likeness (QED) is 0.722. The van der Waals surface area contributed by atoms with Crippen molar-refractivity contribution in [1.29, 1.82) is 0 Å². The summed E-state index contributed by atoms with van der Waals surface area (Å²) in [7, 11) is 2.29. The summed E-state index contributed by atoms with van der Waals surface area (Å²) < 4.78 is 0.